The second-order valence-electron chi connectivity index (χ2n) is 2.80. The standard InChI is InChI=1S/C8H8ClN3/c1-5-2-6-7(9)11-4-12-8(6)10-3-5/h3-4H,2H2,1H3,(H,10,11,12). The van der Waals surface area contributed by atoms with Crippen molar-refractivity contribution in [1.82, 2.24) is 9.97 Å². The average Bonchev–Trinajstić information content (AvgIpc) is 2.07. The number of nitrogens with one attached hydrogen (secondary N) is 1. The monoisotopic (exact) mass is 181 g/mol. The van der Waals surface area contributed by atoms with Gasteiger partial charge in [0.15, 0.2) is 0 Å². The van der Waals surface area contributed by atoms with Gasteiger partial charge in [-0.15, -0.1) is 0 Å². The van der Waals surface area contributed by atoms with Crippen LogP contribution in [0.2, 0.25) is 5.15 Å². The molecule has 1 aromatic rings. The van der Waals surface area contributed by atoms with E-state index < -0.39 is 0 Å². The van der Waals surface area contributed by atoms with Crippen LogP contribution in [-0.4, -0.2) is 9.97 Å². The van der Waals surface area contributed by atoms with Crippen LogP contribution in [0.1, 0.15) is 12.5 Å². The third kappa shape index (κ3) is 1.16. The number of anilines is 1. The summed E-state index contributed by atoms with van der Waals surface area (Å²) in [5, 5.41) is 3.60. The van der Waals surface area contributed by atoms with Crippen molar-refractivity contribution in [2.24, 2.45) is 0 Å². The number of hydrogen-bond acceptors (Lipinski definition) is 3. The molecule has 0 bridgehead atoms. The molecule has 3 nitrogen and oxygen atoms in total. The van der Waals surface area contributed by atoms with Gasteiger partial charge in [0, 0.05) is 18.2 Å². The van der Waals surface area contributed by atoms with E-state index in [1.165, 1.54) is 11.9 Å². The Morgan fingerprint density at radius 3 is 3.17 bits per heavy atom. The summed E-state index contributed by atoms with van der Waals surface area (Å²) >= 11 is 5.89. The Bertz CT molecular complexity index is 346. The molecular weight excluding hydrogens is 174 g/mol. The van der Waals surface area contributed by atoms with Gasteiger partial charge in [0.05, 0.1) is 0 Å². The van der Waals surface area contributed by atoms with Crippen LogP contribution in [0.5, 0.6) is 0 Å². The molecule has 2 heterocycles. The maximum atomic E-state index is 5.89. The first kappa shape index (κ1) is 7.55. The van der Waals surface area contributed by atoms with E-state index in [-0.39, 0.29) is 0 Å². The van der Waals surface area contributed by atoms with Gasteiger partial charge in [-0.1, -0.05) is 17.2 Å². The third-order valence-electron chi connectivity index (χ3n) is 1.80. The van der Waals surface area contributed by atoms with Crippen molar-refractivity contribution in [2.75, 3.05) is 5.32 Å². The minimum atomic E-state index is 0.542. The molecule has 1 aliphatic heterocycles. The fourth-order valence-corrected chi connectivity index (χ4v) is 1.39. The van der Waals surface area contributed by atoms with Crippen LogP contribution in [0, 0.1) is 0 Å². The molecule has 12 heavy (non-hydrogen) atoms. The summed E-state index contributed by atoms with van der Waals surface area (Å²) in [6.07, 6.45) is 4.23. The predicted molar refractivity (Wildman–Crippen MR) is 48.1 cm³/mol. The first-order chi connectivity index (χ1) is 5.77. The molecule has 1 N–H and O–H groups in total. The van der Waals surface area contributed by atoms with Gasteiger partial charge in [0.2, 0.25) is 0 Å². The van der Waals surface area contributed by atoms with Crippen LogP contribution in [-0.2, 0) is 6.42 Å². The van der Waals surface area contributed by atoms with Crippen molar-refractivity contribution < 1.29 is 0 Å². The Kier molecular flexibility index (Phi) is 1.73. The maximum absolute atomic E-state index is 5.89. The summed E-state index contributed by atoms with van der Waals surface area (Å²) < 4.78 is 0. The number of hydrogen-bond donors (Lipinski definition) is 1. The van der Waals surface area contributed by atoms with Gasteiger partial charge in [0.25, 0.3) is 0 Å². The van der Waals surface area contributed by atoms with Crippen LogP contribution >= 0.6 is 11.6 Å². The molecule has 0 saturated heterocycles. The molecule has 1 aliphatic rings. The summed E-state index contributed by atoms with van der Waals surface area (Å²) in [7, 11) is 0. The van der Waals surface area contributed by atoms with Crippen molar-refractivity contribution in [3.8, 4) is 0 Å². The van der Waals surface area contributed by atoms with E-state index >= 15 is 0 Å². The number of nitrogens with zero attached hydrogens (tertiary/aromatic N) is 2. The van der Waals surface area contributed by atoms with Crippen molar-refractivity contribution in [2.45, 2.75) is 13.3 Å². The normalized spacial score (nSPS) is 14.7. The van der Waals surface area contributed by atoms with E-state index in [2.05, 4.69) is 15.3 Å². The lowest BCUT2D eigenvalue weighted by Crippen LogP contribution is -2.07. The molecule has 62 valence electrons. The molecule has 0 atom stereocenters. The summed E-state index contributed by atoms with van der Waals surface area (Å²) in [5.74, 6) is 0.820. The van der Waals surface area contributed by atoms with E-state index in [4.69, 9.17) is 11.6 Å². The van der Waals surface area contributed by atoms with E-state index in [1.54, 1.807) is 0 Å². The average molecular weight is 182 g/mol. The Balaban J connectivity index is 2.49. The lowest BCUT2D eigenvalue weighted by Gasteiger charge is -2.14. The van der Waals surface area contributed by atoms with Crippen molar-refractivity contribution in [3.05, 3.63) is 28.8 Å². The van der Waals surface area contributed by atoms with Crippen LogP contribution in [0.3, 0.4) is 0 Å². The smallest absolute Gasteiger partial charge is 0.138 e. The molecule has 0 saturated carbocycles. The second kappa shape index (κ2) is 2.75. The summed E-state index contributed by atoms with van der Waals surface area (Å²) in [4.78, 5) is 7.98. The zero-order valence-corrected chi connectivity index (χ0v) is 7.39. The largest absolute Gasteiger partial charge is 0.346 e. The molecule has 1 aromatic heterocycles. The van der Waals surface area contributed by atoms with Gasteiger partial charge in [0.1, 0.15) is 17.3 Å². The zero-order valence-electron chi connectivity index (χ0n) is 6.63. The van der Waals surface area contributed by atoms with Gasteiger partial charge in [-0.05, 0) is 6.92 Å². The van der Waals surface area contributed by atoms with Gasteiger partial charge in [-0.3, -0.25) is 0 Å². The fourth-order valence-electron chi connectivity index (χ4n) is 1.19. The van der Waals surface area contributed by atoms with Gasteiger partial charge >= 0.3 is 0 Å². The highest BCUT2D eigenvalue weighted by Gasteiger charge is 2.12. The molecule has 2 rings (SSSR count). The number of allylic oxidation sites excluding steroid dienone is 1. The van der Waals surface area contributed by atoms with Crippen molar-refractivity contribution >= 4 is 17.4 Å². The second-order valence-corrected chi connectivity index (χ2v) is 3.16. The number of aromatic nitrogens is 2. The lowest BCUT2D eigenvalue weighted by molar-refractivity contribution is 1.03. The topological polar surface area (TPSA) is 37.8 Å². The zero-order chi connectivity index (χ0) is 8.55. The SMILES string of the molecule is CC1=CNc2ncnc(Cl)c2C1. The molecule has 0 unspecified atom stereocenters. The highest BCUT2D eigenvalue weighted by molar-refractivity contribution is 6.30. The quantitative estimate of drug-likeness (QED) is 0.623. The van der Waals surface area contributed by atoms with Gasteiger partial charge in [-0.2, -0.15) is 0 Å². The van der Waals surface area contributed by atoms with Crippen molar-refractivity contribution in [1.29, 1.82) is 0 Å². The highest BCUT2D eigenvalue weighted by Crippen LogP contribution is 2.25. The molecule has 0 fully saturated rings. The Labute approximate surface area is 75.5 Å². The van der Waals surface area contributed by atoms with Crippen molar-refractivity contribution in [3.63, 3.8) is 0 Å². The van der Waals surface area contributed by atoms with E-state index in [0.29, 0.717) is 5.15 Å². The fraction of sp³-hybridized carbons (Fsp3) is 0.250. The first-order valence-electron chi connectivity index (χ1n) is 3.69. The number of fused-ring (bicyclic) bond motifs is 1. The van der Waals surface area contributed by atoms with Crippen LogP contribution in [0.4, 0.5) is 5.82 Å². The molecule has 0 aliphatic carbocycles. The minimum Gasteiger partial charge on any atom is -0.346 e. The Morgan fingerprint density at radius 1 is 1.50 bits per heavy atom. The van der Waals surface area contributed by atoms with E-state index in [9.17, 15) is 0 Å². The minimum absolute atomic E-state index is 0.542. The number of halogens is 1. The van der Waals surface area contributed by atoms with Crippen LogP contribution < -0.4 is 5.32 Å². The van der Waals surface area contributed by atoms with E-state index in [0.717, 1.165) is 17.8 Å². The number of rotatable bonds is 0. The third-order valence-corrected chi connectivity index (χ3v) is 2.13. The molecular formula is C8H8ClN3. The molecule has 4 heteroatoms. The highest BCUT2D eigenvalue weighted by atomic mass is 35.5. The molecule has 0 radical (unpaired) electrons. The Hall–Kier alpha value is -1.09. The van der Waals surface area contributed by atoms with Gasteiger partial charge < -0.3 is 5.32 Å². The molecule has 0 amide bonds. The Morgan fingerprint density at radius 2 is 2.33 bits per heavy atom. The van der Waals surface area contributed by atoms with Crippen LogP contribution in [0.25, 0.3) is 0 Å². The summed E-state index contributed by atoms with van der Waals surface area (Å²) in [6, 6.07) is 0. The summed E-state index contributed by atoms with van der Waals surface area (Å²) in [6.45, 7) is 2.04. The van der Waals surface area contributed by atoms with E-state index in [1.807, 2.05) is 13.1 Å². The maximum Gasteiger partial charge on any atom is 0.138 e. The predicted octanol–water partition coefficient (Wildman–Crippen LogP) is 2.00. The first-order valence-corrected chi connectivity index (χ1v) is 4.07. The lowest BCUT2D eigenvalue weighted by atomic mass is 10.1. The molecule has 0 aromatic carbocycles. The van der Waals surface area contributed by atoms with Gasteiger partial charge in [-0.25, -0.2) is 9.97 Å². The van der Waals surface area contributed by atoms with Crippen LogP contribution in [0.15, 0.2) is 18.1 Å². The summed E-state index contributed by atoms with van der Waals surface area (Å²) in [5.41, 5.74) is 2.22. The molecule has 0 spiro atoms.